The van der Waals surface area contributed by atoms with E-state index in [1.54, 1.807) is 18.9 Å². The first-order valence-electron chi connectivity index (χ1n) is 8.42. The van der Waals surface area contributed by atoms with Crippen LogP contribution >= 0.6 is 0 Å². The second kappa shape index (κ2) is 11.1. The van der Waals surface area contributed by atoms with E-state index in [4.69, 9.17) is 10.5 Å². The molecular weight excluding hydrogens is 322 g/mol. The first-order chi connectivity index (χ1) is 11.9. The molecule has 0 aliphatic heterocycles. The minimum Gasteiger partial charge on any atom is -0.453 e. The molecule has 1 aromatic rings. The number of unbranched alkanes of at least 4 members (excludes halogenated alkanes) is 2. The lowest BCUT2D eigenvalue weighted by Gasteiger charge is -2.21. The van der Waals surface area contributed by atoms with Crippen LogP contribution in [-0.4, -0.2) is 42.5 Å². The molecule has 3 N–H and O–H groups in total. The van der Waals surface area contributed by atoms with Gasteiger partial charge in [0.05, 0.1) is 0 Å². The van der Waals surface area contributed by atoms with Gasteiger partial charge in [0.15, 0.2) is 6.10 Å². The van der Waals surface area contributed by atoms with Crippen LogP contribution in [0.2, 0.25) is 0 Å². The van der Waals surface area contributed by atoms with E-state index in [1.165, 1.54) is 0 Å². The van der Waals surface area contributed by atoms with Gasteiger partial charge in [-0.2, -0.15) is 0 Å². The lowest BCUT2D eigenvalue weighted by Crippen LogP contribution is -2.37. The van der Waals surface area contributed by atoms with Gasteiger partial charge in [0.2, 0.25) is 0 Å². The number of ether oxygens (including phenoxy) is 1. The van der Waals surface area contributed by atoms with Crippen LogP contribution < -0.4 is 11.1 Å². The smallest absolute Gasteiger partial charge is 0.312 e. The maximum Gasteiger partial charge on any atom is 0.312 e. The fourth-order valence-corrected chi connectivity index (χ4v) is 2.33. The Morgan fingerprint density at radius 1 is 1.16 bits per heavy atom. The normalized spacial score (nSPS) is 11.4. The number of likely N-dealkylation sites (N-methyl/N-ethyl adjacent to an activating group) is 1. The molecule has 0 saturated heterocycles. The van der Waals surface area contributed by atoms with Crippen molar-refractivity contribution in [3.63, 3.8) is 0 Å². The van der Waals surface area contributed by atoms with E-state index in [9.17, 15) is 14.4 Å². The second-order valence-electron chi connectivity index (χ2n) is 5.91. The van der Waals surface area contributed by atoms with Crippen LogP contribution in [0.5, 0.6) is 0 Å². The zero-order chi connectivity index (χ0) is 18.7. The van der Waals surface area contributed by atoms with Gasteiger partial charge < -0.3 is 20.7 Å². The van der Waals surface area contributed by atoms with Crippen LogP contribution in [-0.2, 0) is 20.9 Å². The van der Waals surface area contributed by atoms with E-state index < -0.39 is 18.1 Å². The molecule has 0 aliphatic rings. The Balaban J connectivity index is 2.24. The predicted molar refractivity (Wildman–Crippen MR) is 94.5 cm³/mol. The first kappa shape index (κ1) is 20.5. The molecule has 1 aromatic carbocycles. The molecule has 0 heterocycles. The number of carbonyl (C=O) groups excluding carboxylic acids is 3. The number of amides is 3. The number of urea groups is 1. The van der Waals surface area contributed by atoms with E-state index in [2.05, 4.69) is 5.32 Å². The summed E-state index contributed by atoms with van der Waals surface area (Å²) in [5.41, 5.74) is 5.97. The Morgan fingerprint density at radius 3 is 2.48 bits per heavy atom. The van der Waals surface area contributed by atoms with Crippen molar-refractivity contribution in [1.29, 1.82) is 0 Å². The third kappa shape index (κ3) is 8.74. The van der Waals surface area contributed by atoms with E-state index in [-0.39, 0.29) is 12.3 Å². The summed E-state index contributed by atoms with van der Waals surface area (Å²) in [5.74, 6) is -0.625. The van der Waals surface area contributed by atoms with Gasteiger partial charge in [-0.1, -0.05) is 36.8 Å². The summed E-state index contributed by atoms with van der Waals surface area (Å²) < 4.78 is 5.20. The number of nitrogens with two attached hydrogens (primary N) is 1. The number of primary amides is 1. The molecule has 7 nitrogen and oxygen atoms in total. The van der Waals surface area contributed by atoms with Gasteiger partial charge in [-0.25, -0.2) is 4.79 Å². The molecule has 138 valence electrons. The maximum absolute atomic E-state index is 12.3. The number of rotatable bonds is 10. The standard InChI is InChI=1S/C18H27N3O4/c1-14(17(23)21(2)13-15-9-5-3-6-10-15)25-16(22)11-7-4-8-12-20-18(19)24/h3,5-6,9-10,14H,4,7-8,11-13H2,1-2H3,(H3,19,20,24)/t14-/m0/s1. The van der Waals surface area contributed by atoms with Crippen molar-refractivity contribution < 1.29 is 19.1 Å². The number of hydrogen-bond donors (Lipinski definition) is 2. The largest absolute Gasteiger partial charge is 0.453 e. The average Bonchev–Trinajstić information content (AvgIpc) is 2.57. The zero-order valence-corrected chi connectivity index (χ0v) is 14.9. The number of nitrogens with zero attached hydrogens (tertiary/aromatic N) is 1. The lowest BCUT2D eigenvalue weighted by atomic mass is 10.2. The number of nitrogens with one attached hydrogen (secondary N) is 1. The Labute approximate surface area is 148 Å². The molecule has 3 amide bonds. The quantitative estimate of drug-likeness (QED) is 0.497. The topological polar surface area (TPSA) is 102 Å². The molecule has 1 atom stereocenters. The SMILES string of the molecule is C[C@H](OC(=O)CCCCCNC(N)=O)C(=O)N(C)Cc1ccccc1. The molecule has 0 radical (unpaired) electrons. The van der Waals surface area contributed by atoms with Crippen molar-refractivity contribution >= 4 is 17.9 Å². The molecule has 0 spiro atoms. The summed E-state index contributed by atoms with van der Waals surface area (Å²) >= 11 is 0. The summed E-state index contributed by atoms with van der Waals surface area (Å²) in [4.78, 5) is 36.1. The van der Waals surface area contributed by atoms with Crippen LogP contribution in [0.25, 0.3) is 0 Å². The second-order valence-corrected chi connectivity index (χ2v) is 5.91. The zero-order valence-electron chi connectivity index (χ0n) is 14.9. The van der Waals surface area contributed by atoms with Crippen molar-refractivity contribution in [3.05, 3.63) is 35.9 Å². The molecule has 0 bridgehead atoms. The monoisotopic (exact) mass is 349 g/mol. The van der Waals surface area contributed by atoms with Crippen molar-refractivity contribution in [3.8, 4) is 0 Å². The highest BCUT2D eigenvalue weighted by Crippen LogP contribution is 2.08. The molecular formula is C18H27N3O4. The minimum absolute atomic E-state index is 0.233. The molecule has 0 aliphatic carbocycles. The molecule has 25 heavy (non-hydrogen) atoms. The van der Waals surface area contributed by atoms with Gasteiger partial charge in [0, 0.05) is 26.6 Å². The summed E-state index contributed by atoms with van der Waals surface area (Å²) in [7, 11) is 1.69. The van der Waals surface area contributed by atoms with Crippen LogP contribution in [0.3, 0.4) is 0 Å². The summed E-state index contributed by atoms with van der Waals surface area (Å²) in [6.07, 6.45) is 1.59. The third-order valence-electron chi connectivity index (χ3n) is 3.65. The van der Waals surface area contributed by atoms with E-state index in [0.717, 1.165) is 18.4 Å². The van der Waals surface area contributed by atoms with Gasteiger partial charge in [-0.05, 0) is 25.3 Å². The van der Waals surface area contributed by atoms with Crippen molar-refractivity contribution in [2.75, 3.05) is 13.6 Å². The lowest BCUT2D eigenvalue weighted by molar-refractivity contribution is -0.158. The third-order valence-corrected chi connectivity index (χ3v) is 3.65. The Kier molecular flexibility index (Phi) is 9.06. The van der Waals surface area contributed by atoms with E-state index in [0.29, 0.717) is 19.5 Å². The number of carbonyl (C=O) groups is 3. The fraction of sp³-hybridized carbons (Fsp3) is 0.500. The number of hydrogen-bond acceptors (Lipinski definition) is 4. The van der Waals surface area contributed by atoms with Crippen LogP contribution in [0.15, 0.2) is 30.3 Å². The first-order valence-corrected chi connectivity index (χ1v) is 8.42. The van der Waals surface area contributed by atoms with Gasteiger partial charge in [-0.15, -0.1) is 0 Å². The average molecular weight is 349 g/mol. The van der Waals surface area contributed by atoms with Gasteiger partial charge >= 0.3 is 12.0 Å². The minimum atomic E-state index is -0.808. The number of esters is 1. The highest BCUT2D eigenvalue weighted by Gasteiger charge is 2.21. The van der Waals surface area contributed by atoms with Crippen LogP contribution in [0.4, 0.5) is 4.79 Å². The predicted octanol–water partition coefficient (Wildman–Crippen LogP) is 1.81. The summed E-state index contributed by atoms with van der Waals surface area (Å²) in [6.45, 7) is 2.54. The van der Waals surface area contributed by atoms with Crippen molar-refractivity contribution in [2.45, 2.75) is 45.3 Å². The Morgan fingerprint density at radius 2 is 1.84 bits per heavy atom. The Hall–Kier alpha value is -2.57. The highest BCUT2D eigenvalue weighted by molar-refractivity contribution is 5.83. The molecule has 0 aromatic heterocycles. The molecule has 1 rings (SSSR count). The van der Waals surface area contributed by atoms with Crippen LogP contribution in [0.1, 0.15) is 38.2 Å². The van der Waals surface area contributed by atoms with Crippen LogP contribution in [0, 0.1) is 0 Å². The molecule has 0 unspecified atom stereocenters. The Bertz CT molecular complexity index is 563. The fourth-order valence-electron chi connectivity index (χ4n) is 2.33. The van der Waals surface area contributed by atoms with Gasteiger partial charge in [-0.3, -0.25) is 9.59 Å². The summed E-state index contributed by atoms with van der Waals surface area (Å²) in [6, 6.07) is 9.07. The van der Waals surface area contributed by atoms with Crippen molar-refractivity contribution in [1.82, 2.24) is 10.2 Å². The maximum atomic E-state index is 12.3. The highest BCUT2D eigenvalue weighted by atomic mass is 16.5. The van der Waals surface area contributed by atoms with E-state index in [1.807, 2.05) is 30.3 Å². The van der Waals surface area contributed by atoms with E-state index >= 15 is 0 Å². The molecule has 7 heteroatoms. The van der Waals surface area contributed by atoms with Gasteiger partial charge in [0.25, 0.3) is 5.91 Å². The summed E-state index contributed by atoms with van der Waals surface area (Å²) in [5, 5.41) is 2.49. The van der Waals surface area contributed by atoms with Crippen molar-refractivity contribution in [2.24, 2.45) is 5.73 Å². The van der Waals surface area contributed by atoms with Gasteiger partial charge in [0.1, 0.15) is 0 Å². The number of benzene rings is 1. The molecule has 0 saturated carbocycles. The molecule has 0 fully saturated rings.